The number of carbonyl (C=O) groups excluding carboxylic acids is 1. The van der Waals surface area contributed by atoms with E-state index < -0.39 is 0 Å². The topological polar surface area (TPSA) is 44.8 Å². The standard InChI is InChI=1S/C22H32ClN3O2/c23-20-6-2-1-5-19(20)21(25-10-3-4-11-25)13-24-22(27)15-26(18-7-8-18)14-17-9-12-28-16-17/h1-2,5-6,17-18,21H,3-4,7-16H2,(H,24,27). The fourth-order valence-electron chi connectivity index (χ4n) is 4.53. The van der Waals surface area contributed by atoms with Crippen LogP contribution in [0.5, 0.6) is 0 Å². The molecule has 1 aliphatic carbocycles. The van der Waals surface area contributed by atoms with Gasteiger partial charge in [0.05, 0.1) is 19.2 Å². The molecule has 3 aliphatic rings. The first-order valence-corrected chi connectivity index (χ1v) is 11.2. The fraction of sp³-hybridized carbons (Fsp3) is 0.682. The summed E-state index contributed by atoms with van der Waals surface area (Å²) in [7, 11) is 0. The van der Waals surface area contributed by atoms with Crippen LogP contribution in [-0.2, 0) is 9.53 Å². The summed E-state index contributed by atoms with van der Waals surface area (Å²) in [5.74, 6) is 0.705. The van der Waals surface area contributed by atoms with Crippen molar-refractivity contribution in [2.24, 2.45) is 5.92 Å². The zero-order valence-electron chi connectivity index (χ0n) is 16.6. The lowest BCUT2D eigenvalue weighted by atomic mass is 10.1. The van der Waals surface area contributed by atoms with E-state index in [4.69, 9.17) is 16.3 Å². The molecular formula is C22H32ClN3O2. The van der Waals surface area contributed by atoms with Crippen LogP contribution in [0.25, 0.3) is 0 Å². The molecule has 1 amide bonds. The number of rotatable bonds is 9. The minimum atomic E-state index is 0.127. The molecule has 3 fully saturated rings. The van der Waals surface area contributed by atoms with E-state index >= 15 is 0 Å². The second-order valence-electron chi connectivity index (χ2n) is 8.47. The molecule has 4 rings (SSSR count). The summed E-state index contributed by atoms with van der Waals surface area (Å²) in [6, 6.07) is 8.77. The maximum Gasteiger partial charge on any atom is 0.234 e. The van der Waals surface area contributed by atoms with Crippen molar-refractivity contribution >= 4 is 17.5 Å². The van der Waals surface area contributed by atoms with Gasteiger partial charge in [0.25, 0.3) is 0 Å². The molecule has 154 valence electrons. The quantitative estimate of drug-likeness (QED) is 0.685. The number of nitrogens with one attached hydrogen (secondary N) is 1. The van der Waals surface area contributed by atoms with Gasteiger partial charge < -0.3 is 10.1 Å². The molecule has 0 spiro atoms. The van der Waals surface area contributed by atoms with Gasteiger partial charge in [0.2, 0.25) is 5.91 Å². The molecule has 2 unspecified atom stereocenters. The van der Waals surface area contributed by atoms with Crippen molar-refractivity contribution in [3.63, 3.8) is 0 Å². The number of ether oxygens (including phenoxy) is 1. The number of hydrogen-bond acceptors (Lipinski definition) is 4. The molecule has 6 heteroatoms. The van der Waals surface area contributed by atoms with Crippen molar-refractivity contribution in [3.05, 3.63) is 34.9 Å². The van der Waals surface area contributed by atoms with Crippen LogP contribution in [0.15, 0.2) is 24.3 Å². The number of hydrogen-bond donors (Lipinski definition) is 1. The van der Waals surface area contributed by atoms with E-state index in [0.29, 0.717) is 25.0 Å². The van der Waals surface area contributed by atoms with Gasteiger partial charge >= 0.3 is 0 Å². The largest absolute Gasteiger partial charge is 0.381 e. The minimum Gasteiger partial charge on any atom is -0.381 e. The lowest BCUT2D eigenvalue weighted by Gasteiger charge is -2.30. The van der Waals surface area contributed by atoms with Gasteiger partial charge in [0.1, 0.15) is 0 Å². The molecule has 1 aromatic carbocycles. The van der Waals surface area contributed by atoms with Crippen LogP contribution < -0.4 is 5.32 Å². The van der Waals surface area contributed by atoms with Crippen LogP contribution >= 0.6 is 11.6 Å². The average molecular weight is 406 g/mol. The summed E-state index contributed by atoms with van der Waals surface area (Å²) in [6.07, 6.45) is 5.99. The van der Waals surface area contributed by atoms with Crippen molar-refractivity contribution < 1.29 is 9.53 Å². The summed E-state index contributed by atoms with van der Waals surface area (Å²) in [4.78, 5) is 17.6. The minimum absolute atomic E-state index is 0.127. The van der Waals surface area contributed by atoms with Crippen molar-refractivity contribution in [3.8, 4) is 0 Å². The summed E-state index contributed by atoms with van der Waals surface area (Å²) >= 11 is 6.48. The molecule has 1 aromatic rings. The Bertz CT molecular complexity index is 655. The van der Waals surface area contributed by atoms with Crippen LogP contribution in [0.2, 0.25) is 5.02 Å². The highest BCUT2D eigenvalue weighted by atomic mass is 35.5. The SMILES string of the molecule is O=C(CN(CC1CCOC1)C1CC1)NCC(c1ccccc1Cl)N1CCCC1. The molecule has 1 saturated carbocycles. The second-order valence-corrected chi connectivity index (χ2v) is 8.88. The maximum atomic E-state index is 12.8. The van der Waals surface area contributed by atoms with Gasteiger partial charge in [0, 0.05) is 30.8 Å². The Morgan fingerprint density at radius 3 is 2.71 bits per heavy atom. The van der Waals surface area contributed by atoms with E-state index in [9.17, 15) is 4.79 Å². The van der Waals surface area contributed by atoms with Gasteiger partial charge in [-0.3, -0.25) is 14.6 Å². The number of nitrogens with zero attached hydrogens (tertiary/aromatic N) is 2. The van der Waals surface area contributed by atoms with Crippen molar-refractivity contribution in [2.45, 2.75) is 44.2 Å². The lowest BCUT2D eigenvalue weighted by Crippen LogP contribution is -2.43. The Labute approximate surface area is 173 Å². The Kier molecular flexibility index (Phi) is 6.89. The molecule has 2 saturated heterocycles. The molecule has 2 atom stereocenters. The number of halogens is 1. The van der Waals surface area contributed by atoms with Gasteiger partial charge in [-0.15, -0.1) is 0 Å². The zero-order chi connectivity index (χ0) is 19.3. The summed E-state index contributed by atoms with van der Waals surface area (Å²) < 4.78 is 5.51. The van der Waals surface area contributed by atoms with Gasteiger partial charge in [-0.25, -0.2) is 0 Å². The first-order chi connectivity index (χ1) is 13.7. The van der Waals surface area contributed by atoms with E-state index in [-0.39, 0.29) is 11.9 Å². The van der Waals surface area contributed by atoms with E-state index in [1.807, 2.05) is 18.2 Å². The Hall–Kier alpha value is -1.14. The zero-order valence-corrected chi connectivity index (χ0v) is 17.4. The van der Waals surface area contributed by atoms with E-state index in [2.05, 4.69) is 21.2 Å². The van der Waals surface area contributed by atoms with Gasteiger partial charge in [0.15, 0.2) is 0 Å². The van der Waals surface area contributed by atoms with Crippen LogP contribution in [0.4, 0.5) is 0 Å². The van der Waals surface area contributed by atoms with Crippen molar-refractivity contribution in [2.75, 3.05) is 45.9 Å². The third-order valence-electron chi connectivity index (χ3n) is 6.26. The third kappa shape index (κ3) is 5.26. The van der Waals surface area contributed by atoms with Crippen LogP contribution in [0.3, 0.4) is 0 Å². The first-order valence-electron chi connectivity index (χ1n) is 10.8. The van der Waals surface area contributed by atoms with E-state index in [1.165, 1.54) is 25.7 Å². The van der Waals surface area contributed by atoms with Crippen LogP contribution in [0.1, 0.15) is 43.7 Å². The maximum absolute atomic E-state index is 12.8. The fourth-order valence-corrected chi connectivity index (χ4v) is 4.79. The van der Waals surface area contributed by atoms with E-state index in [0.717, 1.165) is 49.9 Å². The lowest BCUT2D eigenvalue weighted by molar-refractivity contribution is -0.122. The molecule has 0 aromatic heterocycles. The van der Waals surface area contributed by atoms with Crippen molar-refractivity contribution in [1.82, 2.24) is 15.1 Å². The predicted octanol–water partition coefficient (Wildman–Crippen LogP) is 3.09. The predicted molar refractivity (Wildman–Crippen MR) is 112 cm³/mol. The highest BCUT2D eigenvalue weighted by Crippen LogP contribution is 2.30. The molecule has 0 bridgehead atoms. The van der Waals surface area contributed by atoms with Gasteiger partial charge in [-0.1, -0.05) is 29.8 Å². The molecule has 28 heavy (non-hydrogen) atoms. The Morgan fingerprint density at radius 2 is 2.04 bits per heavy atom. The molecule has 2 aliphatic heterocycles. The molecule has 0 radical (unpaired) electrons. The van der Waals surface area contributed by atoms with E-state index in [1.54, 1.807) is 0 Å². The Morgan fingerprint density at radius 1 is 1.25 bits per heavy atom. The van der Waals surface area contributed by atoms with Gasteiger partial charge in [-0.05, 0) is 62.7 Å². The molecule has 2 heterocycles. The summed E-state index contributed by atoms with van der Waals surface area (Å²) in [6.45, 7) is 5.95. The average Bonchev–Trinajstić information content (AvgIpc) is 3.15. The molecule has 1 N–H and O–H groups in total. The molecular weight excluding hydrogens is 374 g/mol. The van der Waals surface area contributed by atoms with Crippen LogP contribution in [-0.4, -0.2) is 67.7 Å². The first kappa shape index (κ1) is 20.1. The number of amides is 1. The highest BCUT2D eigenvalue weighted by Gasteiger charge is 2.33. The number of likely N-dealkylation sites (tertiary alicyclic amines) is 1. The summed E-state index contributed by atoms with van der Waals surface area (Å²) in [5, 5.41) is 4.00. The highest BCUT2D eigenvalue weighted by molar-refractivity contribution is 6.31. The third-order valence-corrected chi connectivity index (χ3v) is 6.61. The normalized spacial score (nSPS) is 24.0. The number of benzene rings is 1. The number of carbonyl (C=O) groups is 1. The monoisotopic (exact) mass is 405 g/mol. The molecule has 5 nitrogen and oxygen atoms in total. The summed E-state index contributed by atoms with van der Waals surface area (Å²) in [5.41, 5.74) is 1.12. The van der Waals surface area contributed by atoms with Crippen LogP contribution in [0, 0.1) is 5.92 Å². The smallest absolute Gasteiger partial charge is 0.234 e. The Balaban J connectivity index is 1.34. The van der Waals surface area contributed by atoms with Crippen molar-refractivity contribution in [1.29, 1.82) is 0 Å². The van der Waals surface area contributed by atoms with Gasteiger partial charge in [-0.2, -0.15) is 0 Å². The second kappa shape index (κ2) is 9.57.